The molecule has 0 saturated carbocycles. The van der Waals surface area contributed by atoms with E-state index in [0.717, 1.165) is 29.7 Å². The summed E-state index contributed by atoms with van der Waals surface area (Å²) in [6.07, 6.45) is 7.17. The maximum absolute atomic E-state index is 12.5. The van der Waals surface area contributed by atoms with Crippen LogP contribution >= 0.6 is 0 Å². The second-order valence-corrected chi connectivity index (χ2v) is 4.97. The van der Waals surface area contributed by atoms with Crippen molar-refractivity contribution < 1.29 is 4.79 Å². The highest BCUT2D eigenvalue weighted by Gasteiger charge is 2.19. The van der Waals surface area contributed by atoms with Gasteiger partial charge in [0.25, 0.3) is 0 Å². The van der Waals surface area contributed by atoms with Crippen LogP contribution in [0.1, 0.15) is 36.8 Å². The SMILES string of the molecule is C#Cc1cccc(NC(=O)C(CCC)c2ccccc2)c1. The molecule has 0 heterocycles. The Morgan fingerprint density at radius 3 is 2.62 bits per heavy atom. The molecule has 0 aromatic heterocycles. The molecule has 0 fully saturated rings. The highest BCUT2D eigenvalue weighted by atomic mass is 16.1. The van der Waals surface area contributed by atoms with Crippen LogP contribution in [0.5, 0.6) is 0 Å². The average Bonchev–Trinajstić information content (AvgIpc) is 2.53. The van der Waals surface area contributed by atoms with Gasteiger partial charge < -0.3 is 5.32 Å². The number of carbonyl (C=O) groups excluding carboxylic acids is 1. The van der Waals surface area contributed by atoms with Gasteiger partial charge in [-0.2, -0.15) is 0 Å². The monoisotopic (exact) mass is 277 g/mol. The molecule has 2 aromatic rings. The van der Waals surface area contributed by atoms with E-state index in [2.05, 4.69) is 18.2 Å². The third-order valence-corrected chi connectivity index (χ3v) is 3.39. The van der Waals surface area contributed by atoms with Crippen LogP contribution in [0.25, 0.3) is 0 Å². The zero-order valence-electron chi connectivity index (χ0n) is 12.2. The summed E-state index contributed by atoms with van der Waals surface area (Å²) in [5, 5.41) is 2.97. The topological polar surface area (TPSA) is 29.1 Å². The molecule has 2 aromatic carbocycles. The van der Waals surface area contributed by atoms with Crippen LogP contribution in [-0.2, 0) is 4.79 Å². The fourth-order valence-corrected chi connectivity index (χ4v) is 2.34. The highest BCUT2D eigenvalue weighted by molar-refractivity contribution is 5.96. The number of terminal acetylenes is 1. The molecular weight excluding hydrogens is 258 g/mol. The van der Waals surface area contributed by atoms with Crippen molar-refractivity contribution in [1.82, 2.24) is 0 Å². The molecule has 0 saturated heterocycles. The zero-order chi connectivity index (χ0) is 15.1. The molecule has 0 aliphatic rings. The van der Waals surface area contributed by atoms with Crippen LogP contribution in [0, 0.1) is 12.3 Å². The molecule has 106 valence electrons. The summed E-state index contributed by atoms with van der Waals surface area (Å²) < 4.78 is 0. The van der Waals surface area contributed by atoms with Gasteiger partial charge in [0.15, 0.2) is 0 Å². The zero-order valence-corrected chi connectivity index (χ0v) is 12.2. The molecule has 1 N–H and O–H groups in total. The second kappa shape index (κ2) is 7.31. The number of amides is 1. The van der Waals surface area contributed by atoms with E-state index in [0.29, 0.717) is 0 Å². The van der Waals surface area contributed by atoms with Crippen molar-refractivity contribution in [2.75, 3.05) is 5.32 Å². The van der Waals surface area contributed by atoms with Crippen molar-refractivity contribution in [1.29, 1.82) is 0 Å². The number of nitrogens with one attached hydrogen (secondary N) is 1. The molecule has 0 radical (unpaired) electrons. The van der Waals surface area contributed by atoms with Crippen molar-refractivity contribution >= 4 is 11.6 Å². The van der Waals surface area contributed by atoms with Gasteiger partial charge in [-0.25, -0.2) is 0 Å². The smallest absolute Gasteiger partial charge is 0.231 e. The summed E-state index contributed by atoms with van der Waals surface area (Å²) in [6, 6.07) is 17.2. The summed E-state index contributed by atoms with van der Waals surface area (Å²) in [5.74, 6) is 2.45. The lowest BCUT2D eigenvalue weighted by Gasteiger charge is -2.16. The first kappa shape index (κ1) is 14.9. The third kappa shape index (κ3) is 3.97. The molecule has 21 heavy (non-hydrogen) atoms. The Hall–Kier alpha value is -2.53. The Labute approximate surface area is 126 Å². The first-order valence-electron chi connectivity index (χ1n) is 7.17. The fourth-order valence-electron chi connectivity index (χ4n) is 2.34. The predicted molar refractivity (Wildman–Crippen MR) is 87.1 cm³/mol. The maximum Gasteiger partial charge on any atom is 0.231 e. The minimum absolute atomic E-state index is 0.0113. The van der Waals surface area contributed by atoms with Gasteiger partial charge >= 0.3 is 0 Å². The fraction of sp³-hybridized carbons (Fsp3) is 0.211. The van der Waals surface area contributed by atoms with Gasteiger partial charge in [-0.15, -0.1) is 6.42 Å². The minimum atomic E-state index is -0.134. The molecular formula is C19H19NO. The van der Waals surface area contributed by atoms with Gasteiger partial charge in [-0.1, -0.05) is 55.7 Å². The van der Waals surface area contributed by atoms with E-state index in [9.17, 15) is 4.79 Å². The number of anilines is 1. The summed E-state index contributed by atoms with van der Waals surface area (Å²) in [6.45, 7) is 2.09. The number of hydrogen-bond donors (Lipinski definition) is 1. The average molecular weight is 277 g/mol. The van der Waals surface area contributed by atoms with Crippen molar-refractivity contribution in [2.45, 2.75) is 25.7 Å². The largest absolute Gasteiger partial charge is 0.326 e. The van der Waals surface area contributed by atoms with Crippen LogP contribution in [0.15, 0.2) is 54.6 Å². The molecule has 2 nitrogen and oxygen atoms in total. The van der Waals surface area contributed by atoms with Gasteiger partial charge in [0, 0.05) is 11.3 Å². The molecule has 2 heteroatoms. The molecule has 0 aliphatic carbocycles. The Bertz CT molecular complexity index is 640. The van der Waals surface area contributed by atoms with Gasteiger partial charge in [-0.3, -0.25) is 4.79 Å². The normalized spacial score (nSPS) is 11.4. The van der Waals surface area contributed by atoms with Crippen LogP contribution in [0.2, 0.25) is 0 Å². The number of hydrogen-bond acceptors (Lipinski definition) is 1. The van der Waals surface area contributed by atoms with E-state index < -0.39 is 0 Å². The highest BCUT2D eigenvalue weighted by Crippen LogP contribution is 2.23. The van der Waals surface area contributed by atoms with Crippen LogP contribution < -0.4 is 5.32 Å². The predicted octanol–water partition coefficient (Wildman–Crippen LogP) is 4.19. The van der Waals surface area contributed by atoms with E-state index in [1.165, 1.54) is 0 Å². The second-order valence-electron chi connectivity index (χ2n) is 4.97. The van der Waals surface area contributed by atoms with E-state index >= 15 is 0 Å². The summed E-state index contributed by atoms with van der Waals surface area (Å²) in [5.41, 5.74) is 2.55. The van der Waals surface area contributed by atoms with E-state index in [1.54, 1.807) is 0 Å². The van der Waals surface area contributed by atoms with Gasteiger partial charge in [-0.05, 0) is 30.2 Å². The van der Waals surface area contributed by atoms with Crippen molar-refractivity contribution in [3.05, 3.63) is 65.7 Å². The van der Waals surface area contributed by atoms with Crippen LogP contribution in [0.4, 0.5) is 5.69 Å². The number of benzene rings is 2. The quantitative estimate of drug-likeness (QED) is 0.816. The minimum Gasteiger partial charge on any atom is -0.326 e. The van der Waals surface area contributed by atoms with Crippen molar-refractivity contribution in [3.8, 4) is 12.3 Å². The van der Waals surface area contributed by atoms with Crippen LogP contribution in [0.3, 0.4) is 0 Å². The van der Waals surface area contributed by atoms with Gasteiger partial charge in [0.05, 0.1) is 5.92 Å². The van der Waals surface area contributed by atoms with Gasteiger partial charge in [0.1, 0.15) is 0 Å². The Balaban J connectivity index is 2.17. The molecule has 0 spiro atoms. The maximum atomic E-state index is 12.5. The molecule has 0 bridgehead atoms. The summed E-state index contributed by atoms with van der Waals surface area (Å²) in [7, 11) is 0. The molecule has 1 amide bonds. The Morgan fingerprint density at radius 1 is 1.19 bits per heavy atom. The first-order valence-corrected chi connectivity index (χ1v) is 7.17. The van der Waals surface area contributed by atoms with Crippen molar-refractivity contribution in [3.63, 3.8) is 0 Å². The van der Waals surface area contributed by atoms with Crippen molar-refractivity contribution in [2.24, 2.45) is 0 Å². The lowest BCUT2D eigenvalue weighted by molar-refractivity contribution is -0.117. The summed E-state index contributed by atoms with van der Waals surface area (Å²) >= 11 is 0. The number of carbonyl (C=O) groups is 1. The third-order valence-electron chi connectivity index (χ3n) is 3.39. The Kier molecular flexibility index (Phi) is 5.17. The van der Waals surface area contributed by atoms with Crippen LogP contribution in [-0.4, -0.2) is 5.91 Å². The Morgan fingerprint density at radius 2 is 1.95 bits per heavy atom. The lowest BCUT2D eigenvalue weighted by atomic mass is 9.93. The molecule has 1 unspecified atom stereocenters. The molecule has 1 atom stereocenters. The molecule has 0 aliphatic heterocycles. The lowest BCUT2D eigenvalue weighted by Crippen LogP contribution is -2.21. The number of rotatable bonds is 5. The molecule has 2 rings (SSSR count). The van der Waals surface area contributed by atoms with E-state index in [1.807, 2.05) is 54.6 Å². The standard InChI is InChI=1S/C19H19NO/c1-3-9-18(16-11-6-5-7-12-16)19(21)20-17-13-8-10-15(4-2)14-17/h2,5-8,10-14,18H,3,9H2,1H3,(H,20,21). The first-order chi connectivity index (χ1) is 10.2. The summed E-state index contributed by atoms with van der Waals surface area (Å²) in [4.78, 5) is 12.5. The van der Waals surface area contributed by atoms with E-state index in [-0.39, 0.29) is 11.8 Å². The van der Waals surface area contributed by atoms with Gasteiger partial charge in [0.2, 0.25) is 5.91 Å². The van der Waals surface area contributed by atoms with E-state index in [4.69, 9.17) is 6.42 Å².